The highest BCUT2D eigenvalue weighted by atomic mass is 35.5. The summed E-state index contributed by atoms with van der Waals surface area (Å²) in [4.78, 5) is 10.5. The van der Waals surface area contributed by atoms with E-state index in [0.29, 0.717) is 23.9 Å². The third-order valence-corrected chi connectivity index (χ3v) is 3.04. The van der Waals surface area contributed by atoms with E-state index in [4.69, 9.17) is 16.3 Å². The van der Waals surface area contributed by atoms with Gasteiger partial charge in [-0.1, -0.05) is 29.8 Å². The Balaban J connectivity index is 1.80. The molecule has 0 fully saturated rings. The van der Waals surface area contributed by atoms with Gasteiger partial charge < -0.3 is 10.1 Å². The molecule has 0 saturated carbocycles. The molecule has 0 saturated heterocycles. The fraction of sp³-hybridized carbons (Fsp3) is 0.200. The molecule has 0 spiro atoms. The van der Waals surface area contributed by atoms with Gasteiger partial charge in [0.25, 0.3) is 5.69 Å². The first-order valence-electron chi connectivity index (χ1n) is 6.52. The van der Waals surface area contributed by atoms with Crippen molar-refractivity contribution >= 4 is 23.0 Å². The maximum Gasteiger partial charge on any atom is 0.293 e. The first-order valence-corrected chi connectivity index (χ1v) is 6.90. The number of halogens is 1. The van der Waals surface area contributed by atoms with Gasteiger partial charge >= 0.3 is 0 Å². The molecule has 0 aliphatic heterocycles. The Bertz CT molecular complexity index is 605. The monoisotopic (exact) mass is 306 g/mol. The molecule has 5 nitrogen and oxygen atoms in total. The largest absolute Gasteiger partial charge is 0.494 e. The molecule has 0 aromatic heterocycles. The Kier molecular flexibility index (Phi) is 5.40. The van der Waals surface area contributed by atoms with Crippen molar-refractivity contribution in [1.82, 2.24) is 0 Å². The molecule has 0 aliphatic rings. The second-order valence-electron chi connectivity index (χ2n) is 4.36. The third-order valence-electron chi connectivity index (χ3n) is 2.80. The second-order valence-corrected chi connectivity index (χ2v) is 4.80. The van der Waals surface area contributed by atoms with Gasteiger partial charge in [-0.3, -0.25) is 10.1 Å². The zero-order valence-electron chi connectivity index (χ0n) is 11.3. The van der Waals surface area contributed by atoms with Crippen molar-refractivity contribution < 1.29 is 9.66 Å². The van der Waals surface area contributed by atoms with Crippen LogP contribution in [-0.4, -0.2) is 18.1 Å². The summed E-state index contributed by atoms with van der Waals surface area (Å²) < 4.78 is 5.55. The zero-order chi connectivity index (χ0) is 15.1. The summed E-state index contributed by atoms with van der Waals surface area (Å²) in [5.74, 6) is 0.815. The molecule has 2 aromatic rings. The SMILES string of the molecule is O=[N+]([O-])c1cc(Cl)ccc1NCCCOc1ccccc1. The molecule has 0 unspecified atom stereocenters. The number of nitrogens with zero attached hydrogens (tertiary/aromatic N) is 1. The van der Waals surface area contributed by atoms with Gasteiger partial charge in [-0.05, 0) is 30.7 Å². The number of hydrogen-bond acceptors (Lipinski definition) is 4. The Labute approximate surface area is 127 Å². The summed E-state index contributed by atoms with van der Waals surface area (Å²) in [6, 6.07) is 14.1. The maximum absolute atomic E-state index is 10.9. The van der Waals surface area contributed by atoms with Crippen LogP contribution in [0, 0.1) is 10.1 Å². The lowest BCUT2D eigenvalue weighted by molar-refractivity contribution is -0.383. The lowest BCUT2D eigenvalue weighted by Gasteiger charge is -2.08. The van der Waals surface area contributed by atoms with Crippen molar-refractivity contribution in [3.8, 4) is 5.75 Å². The highest BCUT2D eigenvalue weighted by molar-refractivity contribution is 6.30. The van der Waals surface area contributed by atoms with Crippen molar-refractivity contribution in [1.29, 1.82) is 0 Å². The highest BCUT2D eigenvalue weighted by Gasteiger charge is 2.13. The molecule has 0 aliphatic carbocycles. The predicted molar refractivity (Wildman–Crippen MR) is 83.2 cm³/mol. The van der Waals surface area contributed by atoms with Crippen LogP contribution >= 0.6 is 11.6 Å². The molecule has 2 aromatic carbocycles. The number of nitro benzene ring substituents is 1. The van der Waals surface area contributed by atoms with Crippen LogP contribution in [0.15, 0.2) is 48.5 Å². The minimum absolute atomic E-state index is 0.0218. The van der Waals surface area contributed by atoms with Crippen molar-refractivity contribution in [2.24, 2.45) is 0 Å². The zero-order valence-corrected chi connectivity index (χ0v) is 12.0. The fourth-order valence-electron chi connectivity index (χ4n) is 1.81. The number of rotatable bonds is 7. The predicted octanol–water partition coefficient (Wildman–Crippen LogP) is 4.13. The average Bonchev–Trinajstić information content (AvgIpc) is 2.49. The van der Waals surface area contributed by atoms with Gasteiger partial charge in [-0.2, -0.15) is 0 Å². The van der Waals surface area contributed by atoms with Gasteiger partial charge in [0.05, 0.1) is 11.5 Å². The Morgan fingerprint density at radius 2 is 1.95 bits per heavy atom. The molecule has 2 rings (SSSR count). The van der Waals surface area contributed by atoms with E-state index in [-0.39, 0.29) is 5.69 Å². The van der Waals surface area contributed by atoms with Crippen LogP contribution in [0.4, 0.5) is 11.4 Å². The van der Waals surface area contributed by atoms with Gasteiger partial charge in [-0.15, -0.1) is 0 Å². The van der Waals surface area contributed by atoms with Gasteiger partial charge in [0.1, 0.15) is 11.4 Å². The summed E-state index contributed by atoms with van der Waals surface area (Å²) in [6.45, 7) is 1.12. The van der Waals surface area contributed by atoms with E-state index >= 15 is 0 Å². The molecule has 0 radical (unpaired) electrons. The Morgan fingerprint density at radius 1 is 1.19 bits per heavy atom. The van der Waals surface area contributed by atoms with E-state index in [0.717, 1.165) is 12.2 Å². The summed E-state index contributed by atoms with van der Waals surface area (Å²) in [7, 11) is 0. The number of nitro groups is 1. The number of benzene rings is 2. The van der Waals surface area contributed by atoms with E-state index in [2.05, 4.69) is 5.32 Å². The highest BCUT2D eigenvalue weighted by Crippen LogP contribution is 2.27. The average molecular weight is 307 g/mol. The standard InChI is InChI=1S/C15H15ClN2O3/c16-12-7-8-14(15(11-12)18(19)20)17-9-4-10-21-13-5-2-1-3-6-13/h1-3,5-8,11,17H,4,9-10H2. The lowest BCUT2D eigenvalue weighted by atomic mass is 10.2. The molecule has 1 N–H and O–H groups in total. The molecule has 0 heterocycles. The first kappa shape index (κ1) is 15.1. The van der Waals surface area contributed by atoms with Crippen LogP contribution in [-0.2, 0) is 0 Å². The van der Waals surface area contributed by atoms with Crippen molar-refractivity contribution in [2.75, 3.05) is 18.5 Å². The summed E-state index contributed by atoms with van der Waals surface area (Å²) in [5, 5.41) is 14.3. The van der Waals surface area contributed by atoms with Crippen LogP contribution < -0.4 is 10.1 Å². The van der Waals surface area contributed by atoms with Gasteiger partial charge in [-0.25, -0.2) is 0 Å². The quantitative estimate of drug-likeness (QED) is 0.474. The molecule has 21 heavy (non-hydrogen) atoms. The summed E-state index contributed by atoms with van der Waals surface area (Å²) in [6.07, 6.45) is 0.731. The Morgan fingerprint density at radius 3 is 2.67 bits per heavy atom. The van der Waals surface area contributed by atoms with E-state index in [1.807, 2.05) is 30.3 Å². The molecule has 110 valence electrons. The van der Waals surface area contributed by atoms with Crippen LogP contribution in [0.25, 0.3) is 0 Å². The number of hydrogen-bond donors (Lipinski definition) is 1. The first-order chi connectivity index (χ1) is 10.2. The van der Waals surface area contributed by atoms with Crippen LogP contribution in [0.5, 0.6) is 5.75 Å². The number of nitrogens with one attached hydrogen (secondary N) is 1. The second kappa shape index (κ2) is 7.50. The van der Waals surface area contributed by atoms with Crippen molar-refractivity contribution in [3.05, 3.63) is 63.7 Å². The molecule has 0 atom stereocenters. The molecule has 0 amide bonds. The number of para-hydroxylation sites is 1. The summed E-state index contributed by atoms with van der Waals surface area (Å²) >= 11 is 5.76. The molecule has 6 heteroatoms. The summed E-state index contributed by atoms with van der Waals surface area (Å²) in [5.41, 5.74) is 0.440. The molecular weight excluding hydrogens is 292 g/mol. The number of anilines is 1. The molecular formula is C15H15ClN2O3. The van der Waals surface area contributed by atoms with E-state index in [1.54, 1.807) is 12.1 Å². The van der Waals surface area contributed by atoms with Gasteiger partial charge in [0.15, 0.2) is 0 Å². The van der Waals surface area contributed by atoms with Crippen LogP contribution in [0.1, 0.15) is 6.42 Å². The minimum Gasteiger partial charge on any atom is -0.494 e. The Hall–Kier alpha value is -2.27. The van der Waals surface area contributed by atoms with E-state index in [1.165, 1.54) is 6.07 Å². The number of ether oxygens (including phenoxy) is 1. The van der Waals surface area contributed by atoms with Crippen LogP contribution in [0.2, 0.25) is 5.02 Å². The fourth-order valence-corrected chi connectivity index (χ4v) is 1.97. The third kappa shape index (κ3) is 4.65. The van der Waals surface area contributed by atoms with E-state index < -0.39 is 4.92 Å². The van der Waals surface area contributed by atoms with Gasteiger partial charge in [0, 0.05) is 17.6 Å². The van der Waals surface area contributed by atoms with Gasteiger partial charge in [0.2, 0.25) is 0 Å². The lowest BCUT2D eigenvalue weighted by Crippen LogP contribution is -2.08. The van der Waals surface area contributed by atoms with Crippen molar-refractivity contribution in [3.63, 3.8) is 0 Å². The topological polar surface area (TPSA) is 64.4 Å². The molecule has 0 bridgehead atoms. The van der Waals surface area contributed by atoms with E-state index in [9.17, 15) is 10.1 Å². The normalized spacial score (nSPS) is 10.1. The maximum atomic E-state index is 10.9. The smallest absolute Gasteiger partial charge is 0.293 e. The van der Waals surface area contributed by atoms with Crippen LogP contribution in [0.3, 0.4) is 0 Å². The van der Waals surface area contributed by atoms with Crippen molar-refractivity contribution in [2.45, 2.75) is 6.42 Å². The minimum atomic E-state index is -0.450.